The minimum atomic E-state index is -0.988. The van der Waals surface area contributed by atoms with Crippen LogP contribution in [0.25, 0.3) is 0 Å². The number of esters is 1. The van der Waals surface area contributed by atoms with Crippen LogP contribution in [0.15, 0.2) is 27.6 Å². The lowest BCUT2D eigenvalue weighted by molar-refractivity contribution is -0.202. The van der Waals surface area contributed by atoms with Crippen molar-refractivity contribution in [2.24, 2.45) is 28.6 Å². The highest BCUT2D eigenvalue weighted by Gasteiger charge is 2.70. The summed E-state index contributed by atoms with van der Waals surface area (Å²) in [6, 6.07) is 3.45. The number of nitrogens with zero attached hydrogens (tertiary/aromatic N) is 1. The highest BCUT2D eigenvalue weighted by atomic mass is 16.5. The fourth-order valence-corrected chi connectivity index (χ4v) is 9.96. The van der Waals surface area contributed by atoms with Gasteiger partial charge in [0.1, 0.15) is 6.10 Å². The summed E-state index contributed by atoms with van der Waals surface area (Å²) in [6.45, 7) is 9.21. The molecule has 9 nitrogen and oxygen atoms in total. The van der Waals surface area contributed by atoms with Gasteiger partial charge in [-0.1, -0.05) is 13.8 Å². The van der Waals surface area contributed by atoms with Gasteiger partial charge in [-0.2, -0.15) is 0 Å². The summed E-state index contributed by atoms with van der Waals surface area (Å²) in [5, 5.41) is 19.4. The predicted octanol–water partition coefficient (Wildman–Crippen LogP) is 3.41. The number of nitrogens with one attached hydrogen (secondary N) is 2. The molecule has 0 radical (unpaired) electrons. The highest BCUT2D eigenvalue weighted by molar-refractivity contribution is 5.74. The van der Waals surface area contributed by atoms with Crippen molar-refractivity contribution < 1.29 is 23.8 Å². The van der Waals surface area contributed by atoms with Crippen LogP contribution in [0, 0.1) is 28.6 Å². The third-order valence-electron chi connectivity index (χ3n) is 12.0. The van der Waals surface area contributed by atoms with E-state index >= 15 is 0 Å². The van der Waals surface area contributed by atoms with E-state index in [4.69, 9.17) is 9.15 Å². The molecule has 5 aliphatic rings. The molecule has 0 aromatic carbocycles. The van der Waals surface area contributed by atoms with E-state index in [1.807, 2.05) is 4.90 Å². The lowest BCUT2D eigenvalue weighted by Crippen LogP contribution is -2.62. The normalized spacial score (nSPS) is 42.8. The Hall–Kier alpha value is -2.39. The van der Waals surface area contributed by atoms with E-state index in [1.54, 1.807) is 6.07 Å². The maximum Gasteiger partial charge on any atom is 0.335 e. The summed E-state index contributed by atoms with van der Waals surface area (Å²) in [5.41, 5.74) is -1.00. The molecule has 3 N–H and O–H groups in total. The molecule has 9 heteroatoms. The van der Waals surface area contributed by atoms with Gasteiger partial charge in [0.05, 0.1) is 11.9 Å². The first-order valence-corrected chi connectivity index (χ1v) is 15.3. The number of piperazine rings is 1. The fourth-order valence-electron chi connectivity index (χ4n) is 9.96. The Morgan fingerprint density at radius 3 is 2.58 bits per heavy atom. The molecule has 220 valence electrons. The average Bonchev–Trinajstić information content (AvgIpc) is 3.15. The summed E-state index contributed by atoms with van der Waals surface area (Å²) in [5.74, 6) is 0.395. The monoisotopic (exact) mass is 555 g/mol. The quantitative estimate of drug-likeness (QED) is 0.489. The van der Waals surface area contributed by atoms with Crippen molar-refractivity contribution in [3.63, 3.8) is 0 Å². The van der Waals surface area contributed by atoms with Crippen LogP contribution in [0.1, 0.15) is 83.6 Å². The SMILES string of the molecule is CC(=O)O[C@H]1C[C@]2(O)[C@@H]3CC[C@@H]4C[C@@H](NC(=O)N5CCNCC5)CC[C@]4(C)[C@H]3CC[C@]2(C)[C@H]1c1ccc(=O)oc1. The second-order valence-electron chi connectivity index (χ2n) is 13.7. The van der Waals surface area contributed by atoms with E-state index in [0.717, 1.165) is 76.7 Å². The van der Waals surface area contributed by atoms with Gasteiger partial charge in [0.15, 0.2) is 0 Å². The van der Waals surface area contributed by atoms with Gasteiger partial charge < -0.3 is 29.8 Å². The van der Waals surface area contributed by atoms with Crippen LogP contribution in [0.4, 0.5) is 4.79 Å². The standard InChI is InChI=1S/C31H45N3O6/c1-19(35)40-25-17-31(38)24-6-5-21-16-22(33-28(37)34-14-12-32-13-15-34)8-10-29(21,2)23(24)9-11-30(31,3)27(25)20-4-7-26(36)39-18-20/h4,7,18,21-25,27,32,38H,5-6,8-17H2,1-3H3,(H,33,37)/t21-,22+,23+,24-,25+,27+,29+,30-,31+/m1/s1. The number of hydrogen-bond donors (Lipinski definition) is 3. The number of fused-ring (bicyclic) bond motifs is 5. The Kier molecular flexibility index (Phi) is 7.05. The van der Waals surface area contributed by atoms with Crippen LogP contribution in [0.5, 0.6) is 0 Å². The van der Waals surface area contributed by atoms with Crippen LogP contribution in [-0.2, 0) is 9.53 Å². The Morgan fingerprint density at radius 1 is 1.10 bits per heavy atom. The Labute approximate surface area is 236 Å². The summed E-state index contributed by atoms with van der Waals surface area (Å²) in [6.07, 6.45) is 8.20. The van der Waals surface area contributed by atoms with Crippen molar-refractivity contribution in [1.82, 2.24) is 15.5 Å². The van der Waals surface area contributed by atoms with Crippen LogP contribution in [-0.4, -0.2) is 65.9 Å². The van der Waals surface area contributed by atoms with Gasteiger partial charge in [-0.05, 0) is 79.7 Å². The van der Waals surface area contributed by atoms with Crippen molar-refractivity contribution in [2.75, 3.05) is 26.2 Å². The number of amides is 2. The number of ether oxygens (including phenoxy) is 1. The Morgan fingerprint density at radius 2 is 1.88 bits per heavy atom. The van der Waals surface area contributed by atoms with Gasteiger partial charge in [-0.15, -0.1) is 0 Å². The van der Waals surface area contributed by atoms with Gasteiger partial charge in [-0.3, -0.25) is 4.79 Å². The van der Waals surface area contributed by atoms with Crippen LogP contribution in [0.3, 0.4) is 0 Å². The lowest BCUT2D eigenvalue weighted by atomic mass is 9.43. The number of carbonyl (C=O) groups is 2. The molecule has 6 rings (SSSR count). The molecular weight excluding hydrogens is 510 g/mol. The van der Waals surface area contributed by atoms with Crippen LogP contribution < -0.4 is 16.3 Å². The van der Waals surface area contributed by atoms with E-state index in [1.165, 1.54) is 19.3 Å². The third-order valence-corrected chi connectivity index (χ3v) is 12.0. The molecule has 1 aromatic heterocycles. The van der Waals surface area contributed by atoms with Gasteiger partial charge >= 0.3 is 17.6 Å². The largest absolute Gasteiger partial charge is 0.462 e. The fraction of sp³-hybridized carbons (Fsp3) is 0.774. The second kappa shape index (κ2) is 10.2. The molecule has 9 atom stereocenters. The first kappa shape index (κ1) is 27.8. The molecule has 40 heavy (non-hydrogen) atoms. The molecule has 1 aromatic rings. The first-order chi connectivity index (χ1) is 19.0. The number of urea groups is 1. The van der Waals surface area contributed by atoms with E-state index in [9.17, 15) is 19.5 Å². The van der Waals surface area contributed by atoms with Gasteiger partial charge in [0.2, 0.25) is 0 Å². The van der Waals surface area contributed by atoms with Crippen molar-refractivity contribution in [3.05, 3.63) is 34.4 Å². The maximum atomic E-state index is 12.9. The summed E-state index contributed by atoms with van der Waals surface area (Å²) in [7, 11) is 0. The van der Waals surface area contributed by atoms with Gasteiger partial charge in [0, 0.05) is 63.0 Å². The van der Waals surface area contributed by atoms with E-state index in [-0.39, 0.29) is 35.3 Å². The highest BCUT2D eigenvalue weighted by Crippen LogP contribution is 2.70. The van der Waals surface area contributed by atoms with Crippen LogP contribution in [0.2, 0.25) is 0 Å². The summed E-state index contributed by atoms with van der Waals surface area (Å²) in [4.78, 5) is 38.7. The average molecular weight is 556 g/mol. The molecule has 0 spiro atoms. The molecule has 1 saturated heterocycles. The molecule has 4 saturated carbocycles. The lowest BCUT2D eigenvalue weighted by Gasteiger charge is -2.63. The smallest absolute Gasteiger partial charge is 0.335 e. The number of hydrogen-bond acceptors (Lipinski definition) is 7. The zero-order valence-electron chi connectivity index (χ0n) is 24.1. The molecule has 2 amide bonds. The maximum absolute atomic E-state index is 12.9. The molecule has 2 heterocycles. The van der Waals surface area contributed by atoms with E-state index in [0.29, 0.717) is 18.3 Å². The van der Waals surface area contributed by atoms with Gasteiger partial charge in [-0.25, -0.2) is 9.59 Å². The van der Waals surface area contributed by atoms with Crippen molar-refractivity contribution >= 4 is 12.0 Å². The minimum Gasteiger partial charge on any atom is -0.462 e. The topological polar surface area (TPSA) is 121 Å². The van der Waals surface area contributed by atoms with Gasteiger partial charge in [0.25, 0.3) is 0 Å². The molecule has 0 unspecified atom stereocenters. The molecule has 5 fully saturated rings. The molecule has 0 bridgehead atoms. The summed E-state index contributed by atoms with van der Waals surface area (Å²) < 4.78 is 11.1. The first-order valence-electron chi connectivity index (χ1n) is 15.3. The zero-order chi connectivity index (χ0) is 28.3. The number of carbonyl (C=O) groups excluding carboxylic acids is 2. The second-order valence-corrected chi connectivity index (χ2v) is 13.7. The molecule has 4 aliphatic carbocycles. The van der Waals surface area contributed by atoms with Crippen molar-refractivity contribution in [2.45, 2.75) is 95.8 Å². The molecule has 1 aliphatic heterocycles. The van der Waals surface area contributed by atoms with E-state index < -0.39 is 22.7 Å². The third kappa shape index (κ3) is 4.39. The Balaban J connectivity index is 1.23. The Bertz CT molecular complexity index is 1180. The molecular formula is C31H45N3O6. The zero-order valence-corrected chi connectivity index (χ0v) is 24.1. The number of rotatable bonds is 3. The minimum absolute atomic E-state index is 0.0665. The van der Waals surface area contributed by atoms with Crippen LogP contribution >= 0.6 is 0 Å². The number of aliphatic hydroxyl groups is 1. The van der Waals surface area contributed by atoms with Crippen molar-refractivity contribution in [3.8, 4) is 0 Å². The summed E-state index contributed by atoms with van der Waals surface area (Å²) >= 11 is 0. The van der Waals surface area contributed by atoms with Crippen molar-refractivity contribution in [1.29, 1.82) is 0 Å². The predicted molar refractivity (Wildman–Crippen MR) is 149 cm³/mol. The van der Waals surface area contributed by atoms with E-state index in [2.05, 4.69) is 24.5 Å².